The van der Waals surface area contributed by atoms with E-state index in [0.717, 1.165) is 31.6 Å². The lowest BCUT2D eigenvalue weighted by atomic mass is 9.71. The molecule has 0 aromatic rings. The van der Waals surface area contributed by atoms with Gasteiger partial charge in [0.1, 0.15) is 0 Å². The molecule has 0 aromatic carbocycles. The average Bonchev–Trinajstić information content (AvgIpc) is 2.49. The molecule has 90 valence electrons. The van der Waals surface area contributed by atoms with E-state index in [1.54, 1.807) is 0 Å². The average molecular weight is 223 g/mol. The molecule has 1 amide bonds. The van der Waals surface area contributed by atoms with Gasteiger partial charge in [-0.3, -0.25) is 4.79 Å². The molecule has 3 nitrogen and oxygen atoms in total. The van der Waals surface area contributed by atoms with E-state index in [2.05, 4.69) is 5.32 Å². The zero-order valence-electron chi connectivity index (χ0n) is 9.69. The number of amides is 1. The summed E-state index contributed by atoms with van der Waals surface area (Å²) in [6.45, 7) is 0.330. The molecule has 0 aliphatic heterocycles. The Kier molecular flexibility index (Phi) is 2.66. The molecule has 3 fully saturated rings. The molecule has 3 saturated carbocycles. The molecule has 0 bridgehead atoms. The van der Waals surface area contributed by atoms with Crippen LogP contribution in [0.3, 0.4) is 0 Å². The van der Waals surface area contributed by atoms with Crippen LogP contribution >= 0.6 is 0 Å². The lowest BCUT2D eigenvalue weighted by molar-refractivity contribution is -0.129. The molecule has 3 heteroatoms. The van der Waals surface area contributed by atoms with Crippen LogP contribution in [-0.4, -0.2) is 23.7 Å². The first-order valence-corrected chi connectivity index (χ1v) is 6.69. The fourth-order valence-electron chi connectivity index (χ4n) is 3.63. The molecule has 4 unspecified atom stereocenters. The highest BCUT2D eigenvalue weighted by molar-refractivity contribution is 5.79. The first-order valence-electron chi connectivity index (χ1n) is 6.69. The van der Waals surface area contributed by atoms with Crippen LogP contribution in [0.4, 0.5) is 0 Å². The van der Waals surface area contributed by atoms with Crippen molar-refractivity contribution >= 4 is 5.91 Å². The van der Waals surface area contributed by atoms with Crippen LogP contribution in [-0.2, 0) is 4.79 Å². The third kappa shape index (κ3) is 1.65. The minimum atomic E-state index is 0.294. The van der Waals surface area contributed by atoms with Gasteiger partial charge in [0.25, 0.3) is 0 Å². The number of aliphatic hydroxyl groups excluding tert-OH is 1. The van der Waals surface area contributed by atoms with Crippen molar-refractivity contribution < 1.29 is 9.90 Å². The summed E-state index contributed by atoms with van der Waals surface area (Å²) in [4.78, 5) is 11.8. The number of carbonyl (C=O) groups is 1. The SMILES string of the molecule is O=C(NC1CC2CC(CO)CC21)C1CCC1. The summed E-state index contributed by atoms with van der Waals surface area (Å²) in [6, 6.07) is 0.426. The van der Waals surface area contributed by atoms with Crippen LogP contribution in [0.1, 0.15) is 38.5 Å². The first-order chi connectivity index (χ1) is 7.78. The van der Waals surface area contributed by atoms with Crippen LogP contribution in [0.5, 0.6) is 0 Å². The Morgan fingerprint density at radius 3 is 2.69 bits per heavy atom. The number of carbonyl (C=O) groups excluding carboxylic acids is 1. The monoisotopic (exact) mass is 223 g/mol. The maximum absolute atomic E-state index is 11.8. The predicted octanol–water partition coefficient (Wildman–Crippen LogP) is 1.31. The highest BCUT2D eigenvalue weighted by Gasteiger charge is 2.48. The van der Waals surface area contributed by atoms with Crippen LogP contribution < -0.4 is 5.32 Å². The Morgan fingerprint density at radius 2 is 2.06 bits per heavy atom. The summed E-state index contributed by atoms with van der Waals surface area (Å²) >= 11 is 0. The van der Waals surface area contributed by atoms with Crippen molar-refractivity contribution in [3.63, 3.8) is 0 Å². The molecule has 0 saturated heterocycles. The Balaban J connectivity index is 1.49. The maximum Gasteiger partial charge on any atom is 0.223 e. The minimum Gasteiger partial charge on any atom is -0.396 e. The predicted molar refractivity (Wildman–Crippen MR) is 60.7 cm³/mol. The fraction of sp³-hybridized carbons (Fsp3) is 0.923. The van der Waals surface area contributed by atoms with E-state index < -0.39 is 0 Å². The molecular weight excluding hydrogens is 202 g/mol. The molecule has 3 aliphatic rings. The second-order valence-electron chi connectivity index (χ2n) is 5.92. The Bertz CT molecular complexity index is 288. The van der Waals surface area contributed by atoms with Crippen molar-refractivity contribution in [1.29, 1.82) is 0 Å². The van der Waals surface area contributed by atoms with Crippen molar-refractivity contribution in [2.45, 2.75) is 44.6 Å². The van der Waals surface area contributed by atoms with Gasteiger partial charge in [0.2, 0.25) is 5.91 Å². The van der Waals surface area contributed by atoms with Gasteiger partial charge in [-0.05, 0) is 49.9 Å². The van der Waals surface area contributed by atoms with E-state index >= 15 is 0 Å². The zero-order chi connectivity index (χ0) is 11.1. The maximum atomic E-state index is 11.8. The van der Waals surface area contributed by atoms with Gasteiger partial charge in [0, 0.05) is 18.6 Å². The molecule has 0 spiro atoms. The van der Waals surface area contributed by atoms with E-state index in [1.807, 2.05) is 0 Å². The van der Waals surface area contributed by atoms with Gasteiger partial charge in [0.15, 0.2) is 0 Å². The summed E-state index contributed by atoms with van der Waals surface area (Å²) in [5.74, 6) is 2.56. The fourth-order valence-corrected chi connectivity index (χ4v) is 3.63. The van der Waals surface area contributed by atoms with Crippen LogP contribution in [0.2, 0.25) is 0 Å². The molecule has 16 heavy (non-hydrogen) atoms. The molecule has 0 aromatic heterocycles. The molecule has 3 aliphatic carbocycles. The number of nitrogens with one attached hydrogen (secondary N) is 1. The first kappa shape index (κ1) is 10.6. The number of fused-ring (bicyclic) bond motifs is 1. The van der Waals surface area contributed by atoms with Gasteiger partial charge < -0.3 is 10.4 Å². The van der Waals surface area contributed by atoms with E-state index in [4.69, 9.17) is 5.11 Å². The number of aliphatic hydroxyl groups is 1. The highest BCUT2D eigenvalue weighted by atomic mass is 16.3. The summed E-state index contributed by atoms with van der Waals surface area (Å²) in [5.41, 5.74) is 0. The summed E-state index contributed by atoms with van der Waals surface area (Å²) in [7, 11) is 0. The Morgan fingerprint density at radius 1 is 1.25 bits per heavy atom. The molecule has 4 atom stereocenters. The van der Waals surface area contributed by atoms with Crippen molar-refractivity contribution in [3.05, 3.63) is 0 Å². The number of rotatable bonds is 3. The van der Waals surface area contributed by atoms with E-state index in [0.29, 0.717) is 36.3 Å². The van der Waals surface area contributed by atoms with Gasteiger partial charge in [-0.25, -0.2) is 0 Å². The largest absolute Gasteiger partial charge is 0.396 e. The van der Waals surface area contributed by atoms with Crippen LogP contribution in [0, 0.1) is 23.7 Å². The molecule has 3 rings (SSSR count). The molecule has 2 N–H and O–H groups in total. The van der Waals surface area contributed by atoms with E-state index in [-0.39, 0.29) is 0 Å². The summed E-state index contributed by atoms with van der Waals surface area (Å²) in [6.07, 6.45) is 6.85. The third-order valence-corrected chi connectivity index (χ3v) is 4.98. The topological polar surface area (TPSA) is 49.3 Å². The van der Waals surface area contributed by atoms with Gasteiger partial charge in [-0.1, -0.05) is 6.42 Å². The van der Waals surface area contributed by atoms with Crippen molar-refractivity contribution in [3.8, 4) is 0 Å². The zero-order valence-corrected chi connectivity index (χ0v) is 9.69. The van der Waals surface area contributed by atoms with Crippen molar-refractivity contribution in [2.75, 3.05) is 6.61 Å². The lowest BCUT2D eigenvalue weighted by Gasteiger charge is -2.42. The van der Waals surface area contributed by atoms with Gasteiger partial charge in [-0.15, -0.1) is 0 Å². The summed E-state index contributed by atoms with van der Waals surface area (Å²) in [5, 5.41) is 12.4. The van der Waals surface area contributed by atoms with Gasteiger partial charge >= 0.3 is 0 Å². The summed E-state index contributed by atoms with van der Waals surface area (Å²) < 4.78 is 0. The molecule has 0 heterocycles. The lowest BCUT2D eigenvalue weighted by Crippen LogP contribution is -2.52. The van der Waals surface area contributed by atoms with Crippen LogP contribution in [0.25, 0.3) is 0 Å². The quantitative estimate of drug-likeness (QED) is 0.758. The minimum absolute atomic E-state index is 0.294. The Labute approximate surface area is 96.6 Å². The van der Waals surface area contributed by atoms with E-state index in [9.17, 15) is 4.79 Å². The van der Waals surface area contributed by atoms with Crippen LogP contribution in [0.15, 0.2) is 0 Å². The van der Waals surface area contributed by atoms with Crippen molar-refractivity contribution in [2.24, 2.45) is 23.7 Å². The van der Waals surface area contributed by atoms with E-state index in [1.165, 1.54) is 12.8 Å². The number of hydrogen-bond acceptors (Lipinski definition) is 2. The number of hydrogen-bond donors (Lipinski definition) is 2. The van der Waals surface area contributed by atoms with Crippen molar-refractivity contribution in [1.82, 2.24) is 5.32 Å². The second kappa shape index (κ2) is 4.02. The standard InChI is InChI=1S/C13H21NO2/c15-7-8-4-10-6-12(11(10)5-8)14-13(16)9-2-1-3-9/h8-12,15H,1-7H2,(H,14,16). The van der Waals surface area contributed by atoms with Gasteiger partial charge in [-0.2, -0.15) is 0 Å². The second-order valence-corrected chi connectivity index (χ2v) is 5.92. The smallest absolute Gasteiger partial charge is 0.223 e. The normalized spacial score (nSPS) is 42.1. The Hall–Kier alpha value is -0.570. The van der Waals surface area contributed by atoms with Gasteiger partial charge in [0.05, 0.1) is 0 Å². The third-order valence-electron chi connectivity index (χ3n) is 4.98. The molecule has 0 radical (unpaired) electrons. The molecular formula is C13H21NO2. The highest BCUT2D eigenvalue weighted by Crippen LogP contribution is 2.49.